The monoisotopic (exact) mass is 288 g/mol. The lowest BCUT2D eigenvalue weighted by Gasteiger charge is -2.08. The van der Waals surface area contributed by atoms with Crippen LogP contribution in [0.15, 0.2) is 42.7 Å². The fraction of sp³-hybridized carbons (Fsp3) is 0.214. The van der Waals surface area contributed by atoms with E-state index >= 15 is 0 Å². The van der Waals surface area contributed by atoms with Gasteiger partial charge in [-0.3, -0.25) is 15.6 Å². The highest BCUT2D eigenvalue weighted by Gasteiger charge is 2.43. The van der Waals surface area contributed by atoms with Gasteiger partial charge < -0.3 is 0 Å². The molecule has 1 aromatic heterocycles. The minimum absolute atomic E-state index is 0.000321. The first kappa shape index (κ1) is 12.9. The molecule has 0 radical (unpaired) electrons. The number of carbonyl (C=O) groups excluding carboxylic acids is 1. The third kappa shape index (κ3) is 2.72. The molecular weight excluding hydrogens is 276 g/mol. The van der Waals surface area contributed by atoms with E-state index in [1.165, 1.54) is 18.0 Å². The Morgan fingerprint density at radius 3 is 2.70 bits per heavy atom. The van der Waals surface area contributed by atoms with Gasteiger partial charge in [0.25, 0.3) is 0 Å². The molecule has 2 N–H and O–H groups in total. The molecule has 1 aromatic carbocycles. The van der Waals surface area contributed by atoms with Crippen molar-refractivity contribution >= 4 is 23.3 Å². The number of carbonyl (C=O) groups is 1. The van der Waals surface area contributed by atoms with Gasteiger partial charge in [-0.25, -0.2) is 9.97 Å². The first-order chi connectivity index (χ1) is 9.75. The van der Waals surface area contributed by atoms with Gasteiger partial charge in [0.15, 0.2) is 11.0 Å². The first-order valence-electron chi connectivity index (χ1n) is 6.33. The van der Waals surface area contributed by atoms with Crippen LogP contribution >= 0.6 is 11.6 Å². The molecule has 0 unspecified atom stereocenters. The van der Waals surface area contributed by atoms with Crippen LogP contribution in [0.4, 0.5) is 5.82 Å². The lowest BCUT2D eigenvalue weighted by atomic mass is 10.1. The third-order valence-corrected chi connectivity index (χ3v) is 3.59. The van der Waals surface area contributed by atoms with Crippen molar-refractivity contribution in [2.24, 2.45) is 5.92 Å². The lowest BCUT2D eigenvalue weighted by Crippen LogP contribution is -2.31. The molecule has 1 saturated carbocycles. The number of aromatic nitrogens is 2. The molecule has 0 saturated heterocycles. The maximum atomic E-state index is 12.0. The predicted molar refractivity (Wildman–Crippen MR) is 76.1 cm³/mol. The summed E-state index contributed by atoms with van der Waals surface area (Å²) in [6.45, 7) is 0. The molecule has 0 bridgehead atoms. The number of nitrogens with zero attached hydrogens (tertiary/aromatic N) is 2. The van der Waals surface area contributed by atoms with Gasteiger partial charge in [0.1, 0.15) is 0 Å². The maximum Gasteiger partial charge on any atom is 0.242 e. The van der Waals surface area contributed by atoms with Gasteiger partial charge in [0.05, 0.1) is 0 Å². The number of benzene rings is 1. The standard InChI is InChI=1S/C14H13ClN4O/c15-12-13(17-7-6-16-12)18-19-14(20)11-8-10(11)9-4-2-1-3-5-9/h1-7,10-11H,8H2,(H,17,18)(H,19,20)/t10-,11+/m1/s1. The van der Waals surface area contributed by atoms with Crippen LogP contribution in [0.25, 0.3) is 0 Å². The smallest absolute Gasteiger partial charge is 0.242 e. The van der Waals surface area contributed by atoms with E-state index in [2.05, 4.69) is 20.8 Å². The molecule has 2 atom stereocenters. The van der Waals surface area contributed by atoms with Crippen molar-refractivity contribution in [1.82, 2.24) is 15.4 Å². The molecule has 6 heteroatoms. The second kappa shape index (κ2) is 5.46. The Labute approximate surface area is 121 Å². The summed E-state index contributed by atoms with van der Waals surface area (Å²) in [6, 6.07) is 10.0. The van der Waals surface area contributed by atoms with Gasteiger partial charge in [-0.2, -0.15) is 0 Å². The first-order valence-corrected chi connectivity index (χ1v) is 6.71. The molecule has 1 aliphatic rings. The molecular formula is C14H13ClN4O. The van der Waals surface area contributed by atoms with Crippen LogP contribution in [0, 0.1) is 5.92 Å². The van der Waals surface area contributed by atoms with Gasteiger partial charge in [-0.05, 0) is 17.9 Å². The van der Waals surface area contributed by atoms with Crippen molar-refractivity contribution < 1.29 is 4.79 Å². The number of hydrogen-bond donors (Lipinski definition) is 2. The Bertz CT molecular complexity index is 620. The van der Waals surface area contributed by atoms with Crippen molar-refractivity contribution in [3.63, 3.8) is 0 Å². The Hall–Kier alpha value is -2.14. The average molecular weight is 289 g/mol. The van der Waals surface area contributed by atoms with Crippen LogP contribution in [0.1, 0.15) is 17.9 Å². The number of hydrogen-bond acceptors (Lipinski definition) is 4. The summed E-state index contributed by atoms with van der Waals surface area (Å²) in [5.74, 6) is 0.593. The van der Waals surface area contributed by atoms with E-state index < -0.39 is 0 Å². The van der Waals surface area contributed by atoms with Crippen molar-refractivity contribution in [2.75, 3.05) is 5.43 Å². The molecule has 0 aliphatic heterocycles. The highest BCUT2D eigenvalue weighted by atomic mass is 35.5. The molecule has 5 nitrogen and oxygen atoms in total. The summed E-state index contributed by atoms with van der Waals surface area (Å²) >= 11 is 5.84. The Morgan fingerprint density at radius 1 is 1.20 bits per heavy atom. The number of halogens is 1. The van der Waals surface area contributed by atoms with Crippen LogP contribution in [0.5, 0.6) is 0 Å². The summed E-state index contributed by atoms with van der Waals surface area (Å²) < 4.78 is 0. The average Bonchev–Trinajstić information content (AvgIpc) is 3.28. The fourth-order valence-electron chi connectivity index (χ4n) is 2.17. The second-order valence-electron chi connectivity index (χ2n) is 4.67. The maximum absolute atomic E-state index is 12.0. The predicted octanol–water partition coefficient (Wildman–Crippen LogP) is 2.38. The number of anilines is 1. The van der Waals surface area contributed by atoms with E-state index in [9.17, 15) is 4.79 Å². The molecule has 1 fully saturated rings. The van der Waals surface area contributed by atoms with E-state index in [1.54, 1.807) is 0 Å². The molecule has 3 rings (SSSR count). The van der Waals surface area contributed by atoms with Crippen molar-refractivity contribution in [3.8, 4) is 0 Å². The number of rotatable bonds is 4. The summed E-state index contributed by atoms with van der Waals surface area (Å²) in [4.78, 5) is 19.9. The largest absolute Gasteiger partial charge is 0.279 e. The lowest BCUT2D eigenvalue weighted by molar-refractivity contribution is -0.121. The molecule has 1 heterocycles. The van der Waals surface area contributed by atoms with Crippen LogP contribution in [0.3, 0.4) is 0 Å². The van der Waals surface area contributed by atoms with Crippen molar-refractivity contribution in [3.05, 3.63) is 53.4 Å². The number of nitrogens with one attached hydrogen (secondary N) is 2. The van der Waals surface area contributed by atoms with Crippen LogP contribution < -0.4 is 10.9 Å². The Morgan fingerprint density at radius 2 is 1.95 bits per heavy atom. The Balaban J connectivity index is 1.56. The SMILES string of the molecule is O=C(NNc1nccnc1Cl)[C@H]1C[C@@H]1c1ccccc1. The number of hydrazine groups is 1. The van der Waals surface area contributed by atoms with E-state index in [0.717, 1.165) is 6.42 Å². The van der Waals surface area contributed by atoms with E-state index in [0.29, 0.717) is 11.7 Å². The van der Waals surface area contributed by atoms with Crippen LogP contribution in [-0.4, -0.2) is 15.9 Å². The van der Waals surface area contributed by atoms with Crippen LogP contribution in [-0.2, 0) is 4.79 Å². The summed E-state index contributed by atoms with van der Waals surface area (Å²) in [6.07, 6.45) is 3.86. The molecule has 1 amide bonds. The van der Waals surface area contributed by atoms with Gasteiger partial charge in [-0.15, -0.1) is 0 Å². The highest BCUT2D eigenvalue weighted by Crippen LogP contribution is 2.47. The topological polar surface area (TPSA) is 66.9 Å². The van der Waals surface area contributed by atoms with E-state index in [-0.39, 0.29) is 17.0 Å². The zero-order valence-electron chi connectivity index (χ0n) is 10.6. The van der Waals surface area contributed by atoms with Gasteiger partial charge >= 0.3 is 0 Å². The van der Waals surface area contributed by atoms with Crippen LogP contribution in [0.2, 0.25) is 5.15 Å². The second-order valence-corrected chi connectivity index (χ2v) is 5.03. The van der Waals surface area contributed by atoms with E-state index in [4.69, 9.17) is 11.6 Å². The normalized spacial score (nSPS) is 20.2. The quantitative estimate of drug-likeness (QED) is 0.848. The van der Waals surface area contributed by atoms with Gasteiger partial charge in [0, 0.05) is 18.3 Å². The summed E-state index contributed by atoms with van der Waals surface area (Å²) in [5, 5.41) is 0.225. The van der Waals surface area contributed by atoms with Gasteiger partial charge in [-0.1, -0.05) is 41.9 Å². The molecule has 20 heavy (non-hydrogen) atoms. The molecule has 0 spiro atoms. The van der Waals surface area contributed by atoms with Crippen molar-refractivity contribution in [2.45, 2.75) is 12.3 Å². The third-order valence-electron chi connectivity index (χ3n) is 3.31. The zero-order chi connectivity index (χ0) is 13.9. The highest BCUT2D eigenvalue weighted by molar-refractivity contribution is 6.31. The minimum Gasteiger partial charge on any atom is -0.279 e. The van der Waals surface area contributed by atoms with Gasteiger partial charge in [0.2, 0.25) is 5.91 Å². The summed E-state index contributed by atoms with van der Waals surface area (Å²) in [5.41, 5.74) is 6.53. The number of amides is 1. The fourth-order valence-corrected chi connectivity index (χ4v) is 2.32. The van der Waals surface area contributed by atoms with E-state index in [1.807, 2.05) is 30.3 Å². The Kier molecular flexibility index (Phi) is 3.52. The minimum atomic E-state index is -0.0550. The van der Waals surface area contributed by atoms with Crippen molar-refractivity contribution in [1.29, 1.82) is 0 Å². The molecule has 1 aliphatic carbocycles. The zero-order valence-corrected chi connectivity index (χ0v) is 11.3. The summed E-state index contributed by atoms with van der Waals surface area (Å²) in [7, 11) is 0. The molecule has 102 valence electrons. The molecule has 2 aromatic rings.